The van der Waals surface area contributed by atoms with E-state index < -0.39 is 24.0 Å². The second-order valence-corrected chi connectivity index (χ2v) is 20.2. The van der Waals surface area contributed by atoms with Crippen LogP contribution in [0.2, 0.25) is 0 Å². The number of ether oxygens (including phenoxy) is 2. The summed E-state index contributed by atoms with van der Waals surface area (Å²) in [5.74, 6) is 0.498. The van der Waals surface area contributed by atoms with Gasteiger partial charge in [-0.15, -0.1) is 27.8 Å². The van der Waals surface area contributed by atoms with Crippen LogP contribution in [0.3, 0.4) is 0 Å². The summed E-state index contributed by atoms with van der Waals surface area (Å²) in [6, 6.07) is -0.525. The Hall–Kier alpha value is -3.47. The van der Waals surface area contributed by atoms with Gasteiger partial charge >= 0.3 is 35.0 Å². The molecule has 1 fully saturated rings. The van der Waals surface area contributed by atoms with Crippen LogP contribution in [-0.2, 0) is 25.5 Å². The third-order valence-electron chi connectivity index (χ3n) is 15.1. The van der Waals surface area contributed by atoms with Crippen molar-refractivity contribution in [2.24, 2.45) is 41.4 Å². The van der Waals surface area contributed by atoms with Crippen LogP contribution in [0, 0.1) is 55.3 Å². The maximum Gasteiger partial charge on any atom is 2.00 e. The van der Waals surface area contributed by atoms with Crippen molar-refractivity contribution < 1.29 is 24.2 Å². The molecule has 1 N–H and O–H groups in total. The van der Waals surface area contributed by atoms with Gasteiger partial charge in [0.15, 0.2) is 0 Å². The molecule has 8 bridgehead atoms. The number of hydrogen-bond donors (Lipinski definition) is 1. The van der Waals surface area contributed by atoms with Gasteiger partial charge in [0.1, 0.15) is 12.5 Å². The first-order chi connectivity index (χ1) is 30.6. The molecular weight excluding hydrogens is 821 g/mol. The van der Waals surface area contributed by atoms with E-state index in [9.17, 15) is 14.7 Å². The Morgan fingerprint density at radius 3 is 2.18 bits per heavy atom. The Labute approximate surface area is 407 Å². The Morgan fingerprint density at radius 2 is 1.54 bits per heavy atom. The molecule has 6 rings (SSSR count). The van der Waals surface area contributed by atoms with E-state index in [-0.39, 0.29) is 59.8 Å². The van der Waals surface area contributed by atoms with Crippen LogP contribution in [0.5, 0.6) is 0 Å². The normalized spacial score (nSPS) is 25.5. The van der Waals surface area contributed by atoms with Crippen LogP contribution < -0.4 is 20.7 Å². The third kappa shape index (κ3) is 12.0. The summed E-state index contributed by atoms with van der Waals surface area (Å²) in [5.41, 5.74) is 11.3. The zero-order valence-corrected chi connectivity index (χ0v) is 43.4. The number of esters is 2. The number of allylic oxidation sites excluding steroid dienone is 4. The Balaban J connectivity index is 0.00000793. The van der Waals surface area contributed by atoms with Crippen LogP contribution in [0.25, 0.3) is 28.4 Å². The molecule has 9 nitrogen and oxygen atoms in total. The maximum atomic E-state index is 13.7. The van der Waals surface area contributed by atoms with E-state index in [4.69, 9.17) is 30.1 Å². The Bertz CT molecular complexity index is 2260. The molecule has 4 aliphatic rings. The monoisotopic (exact) mass is 899 g/mol. The number of nitrogens with zero attached hydrogens (tertiary/aromatic N) is 4. The molecule has 65 heavy (non-hydrogen) atoms. The molecule has 2 aromatic rings. The van der Waals surface area contributed by atoms with Gasteiger partial charge in [-0.3, -0.25) is 9.59 Å². The molecule has 3 aliphatic heterocycles. The molecule has 1 aliphatic carbocycles. The van der Waals surface area contributed by atoms with Crippen molar-refractivity contribution in [3.8, 4) is 0 Å². The second kappa shape index (κ2) is 23.5. The molecule has 0 spiro atoms. The summed E-state index contributed by atoms with van der Waals surface area (Å²) < 4.78 is 11.2. The first-order valence-corrected chi connectivity index (χ1v) is 24.8. The predicted molar refractivity (Wildman–Crippen MR) is 265 cm³/mol. The average molecular weight is 900 g/mol. The van der Waals surface area contributed by atoms with Gasteiger partial charge in [0.25, 0.3) is 0 Å². The van der Waals surface area contributed by atoms with Gasteiger partial charge in [-0.1, -0.05) is 151 Å². The van der Waals surface area contributed by atoms with Crippen LogP contribution in [-0.4, -0.2) is 59.9 Å². The van der Waals surface area contributed by atoms with Crippen molar-refractivity contribution in [2.75, 3.05) is 13.7 Å². The fourth-order valence-corrected chi connectivity index (χ4v) is 10.9. The number of carbonyl (C=O) groups is 2. The van der Waals surface area contributed by atoms with Gasteiger partial charge in [-0.2, -0.15) is 11.4 Å². The summed E-state index contributed by atoms with van der Waals surface area (Å²) in [4.78, 5) is 37.4. The number of aliphatic hydroxyl groups excluding tert-OH is 1. The van der Waals surface area contributed by atoms with Gasteiger partial charge in [-0.05, 0) is 107 Å². The van der Waals surface area contributed by atoms with Gasteiger partial charge < -0.3 is 35.2 Å². The Kier molecular flexibility index (Phi) is 19.0. The summed E-state index contributed by atoms with van der Waals surface area (Å²) >= 11 is 0. The summed E-state index contributed by atoms with van der Waals surface area (Å²) in [6.07, 6.45) is 20.9. The molecule has 352 valence electrons. The number of aromatic nitrogens is 2. The minimum atomic E-state index is -1.15. The zero-order chi connectivity index (χ0) is 46.4. The topological polar surface area (TPSA) is 129 Å². The summed E-state index contributed by atoms with van der Waals surface area (Å²) in [5, 5.41) is 23.9. The SMILES string of the molecule is CCc1c2[n-]c(c1C)/C=C1\[N-]C(=C(C)[C@@H]1CC)/C=C1\[N-]C(C3=c4[n-]/c(c(C)c4[C@@H](O)[C@@H]3C(=O)OC)=C\2)[C@@H](CCC(=O)OC/C=C(/C)CCC[C@@H](C)CCC[C@H](C)CCCC(C)C)[C@@H]1C.[Mg+2]. The molecule has 2 aromatic heterocycles. The van der Waals surface area contributed by atoms with Crippen molar-refractivity contribution >= 4 is 52.7 Å². The average Bonchev–Trinajstić information content (AvgIpc) is 3.99. The van der Waals surface area contributed by atoms with E-state index in [0.717, 1.165) is 88.6 Å². The van der Waals surface area contributed by atoms with E-state index in [2.05, 4.69) is 87.5 Å². The Morgan fingerprint density at radius 1 is 0.862 bits per heavy atom. The van der Waals surface area contributed by atoms with E-state index in [1.54, 1.807) is 0 Å². The molecule has 5 heterocycles. The maximum absolute atomic E-state index is 13.7. The molecule has 0 amide bonds. The number of methoxy groups -OCH3 is 1. The van der Waals surface area contributed by atoms with E-state index >= 15 is 0 Å². The van der Waals surface area contributed by atoms with Crippen molar-refractivity contribution in [3.05, 3.63) is 95.4 Å². The number of fused-ring (bicyclic) bond motifs is 8. The summed E-state index contributed by atoms with van der Waals surface area (Å²) in [7, 11) is 1.36. The van der Waals surface area contributed by atoms with E-state index in [1.165, 1.54) is 63.2 Å². The third-order valence-corrected chi connectivity index (χ3v) is 15.1. The van der Waals surface area contributed by atoms with Gasteiger partial charge in [0.2, 0.25) is 0 Å². The van der Waals surface area contributed by atoms with Crippen molar-refractivity contribution in [1.29, 1.82) is 0 Å². The van der Waals surface area contributed by atoms with Gasteiger partial charge in [-0.25, -0.2) is 0 Å². The quantitative estimate of drug-likeness (QED) is 0.0796. The molecule has 1 unspecified atom stereocenters. The standard InChI is InChI=1S/C55H78N4O5.Mg/c1-13-39-35(8)42-28-44-37(10)41(24-25-48(60)64-27-26-34(7)23-17-22-33(6)21-16-20-32(5)19-15-18-31(3)4)52(58-44)50-51(55(62)63-12)54(61)49-38(11)45(59-53(49)50)30-47-40(14-2)36(9)43(57-47)29-46(39)56-42;/h26,28-33,37,39,41,51-52,54,61H,13-25,27H2,1-12H3;/q-4;+2/b34-26-,44-28-,45-30-,46-29-;/t32-,33+,37+,39+,41+,51-,52?,54-;/m1./s1. The number of carbonyl (C=O) groups excluding carboxylic acids is 2. The first-order valence-electron chi connectivity index (χ1n) is 24.8. The number of aliphatic hydroxyl groups is 1. The van der Waals surface area contributed by atoms with Crippen LogP contribution in [0.15, 0.2) is 40.4 Å². The smallest absolute Gasteiger partial charge is 0.681 e. The van der Waals surface area contributed by atoms with Crippen LogP contribution in [0.1, 0.15) is 179 Å². The van der Waals surface area contributed by atoms with Gasteiger partial charge in [0, 0.05) is 6.42 Å². The zero-order valence-electron chi connectivity index (χ0n) is 42.0. The van der Waals surface area contributed by atoms with Crippen LogP contribution in [0.4, 0.5) is 0 Å². The molecule has 0 aromatic carbocycles. The molecule has 0 saturated carbocycles. The van der Waals surface area contributed by atoms with Crippen molar-refractivity contribution in [2.45, 2.75) is 172 Å². The minimum absolute atomic E-state index is 0. The molecule has 1 saturated heterocycles. The fourth-order valence-electron chi connectivity index (χ4n) is 10.9. The first kappa shape index (κ1) is 52.5. The number of hydrogen-bond acceptors (Lipinski definition) is 5. The second-order valence-electron chi connectivity index (χ2n) is 20.2. The van der Waals surface area contributed by atoms with E-state index in [1.807, 2.05) is 13.0 Å². The minimum Gasteiger partial charge on any atom is -0.681 e. The van der Waals surface area contributed by atoms with Crippen molar-refractivity contribution in [1.82, 2.24) is 9.97 Å². The van der Waals surface area contributed by atoms with E-state index in [0.29, 0.717) is 28.3 Å². The van der Waals surface area contributed by atoms with Crippen LogP contribution >= 0.6 is 0 Å². The number of rotatable bonds is 20. The fraction of sp³-hybridized carbons (Fsp3) is 0.636. The predicted octanol–water partition coefficient (Wildman–Crippen LogP) is 10.9. The van der Waals surface area contributed by atoms with Crippen molar-refractivity contribution in [3.63, 3.8) is 0 Å². The molecule has 10 heteroatoms. The molecular formula is C55H78MgN4O5-2. The largest absolute Gasteiger partial charge is 2.00 e. The molecule has 8 atom stereocenters. The van der Waals surface area contributed by atoms with Gasteiger partial charge in [0.05, 0.1) is 13.2 Å². The summed E-state index contributed by atoms with van der Waals surface area (Å²) in [6.45, 7) is 24.5. The molecule has 0 radical (unpaired) electrons.